The van der Waals surface area contributed by atoms with Crippen LogP contribution in [0.5, 0.6) is 0 Å². The number of rotatable bonds is 6. The number of carbonyl (C=O) groups is 1. The van der Waals surface area contributed by atoms with Gasteiger partial charge in [0, 0.05) is 30.3 Å². The first-order valence-electron chi connectivity index (χ1n) is 6.68. The minimum atomic E-state index is -0.0276. The molecule has 0 radical (unpaired) electrons. The lowest BCUT2D eigenvalue weighted by Gasteiger charge is -2.16. The van der Waals surface area contributed by atoms with Gasteiger partial charge in [-0.25, -0.2) is 0 Å². The van der Waals surface area contributed by atoms with Gasteiger partial charge in [0.15, 0.2) is 0 Å². The fourth-order valence-electron chi connectivity index (χ4n) is 2.06. The maximum Gasteiger partial charge on any atom is 0.265 e. The van der Waals surface area contributed by atoms with Gasteiger partial charge < -0.3 is 10.0 Å². The first-order valence-corrected chi connectivity index (χ1v) is 7.88. The molecule has 0 aliphatic rings. The van der Waals surface area contributed by atoms with Crippen molar-refractivity contribution in [1.82, 2.24) is 4.90 Å². The summed E-state index contributed by atoms with van der Waals surface area (Å²) in [6, 6.07) is 7.78. The summed E-state index contributed by atoms with van der Waals surface area (Å²) in [5.74, 6) is -0.0276. The van der Waals surface area contributed by atoms with E-state index in [0.29, 0.717) is 16.4 Å². The van der Waals surface area contributed by atoms with E-state index >= 15 is 0 Å². The number of halogens is 1. The Kier molecular flexibility index (Phi) is 5.40. The number of benzene rings is 1. The zero-order valence-electron chi connectivity index (χ0n) is 11.4. The van der Waals surface area contributed by atoms with E-state index in [2.05, 4.69) is 0 Å². The highest BCUT2D eigenvalue weighted by Gasteiger charge is 2.19. The molecule has 2 rings (SSSR count). The van der Waals surface area contributed by atoms with Crippen LogP contribution in [0.1, 0.15) is 28.9 Å². The van der Waals surface area contributed by atoms with E-state index in [9.17, 15) is 4.79 Å². The van der Waals surface area contributed by atoms with Gasteiger partial charge in [0.1, 0.15) is 4.88 Å². The van der Waals surface area contributed by atoms with Gasteiger partial charge in [-0.05, 0) is 25.3 Å². The van der Waals surface area contributed by atoms with E-state index < -0.39 is 0 Å². The highest BCUT2D eigenvalue weighted by Crippen LogP contribution is 2.35. The lowest BCUT2D eigenvalue weighted by molar-refractivity contribution is 0.0797. The summed E-state index contributed by atoms with van der Waals surface area (Å²) in [6.45, 7) is 0.892. The second-order valence-electron chi connectivity index (χ2n) is 4.75. The average Bonchev–Trinajstić information content (AvgIpc) is 2.80. The third kappa shape index (κ3) is 3.32. The number of hydrogen-bond acceptors (Lipinski definition) is 3. The number of unbranched alkanes of at least 4 members (excludes halogenated alkanes) is 2. The molecule has 20 heavy (non-hydrogen) atoms. The van der Waals surface area contributed by atoms with Gasteiger partial charge in [-0.1, -0.05) is 29.8 Å². The number of thiophene rings is 1. The fourth-order valence-corrected chi connectivity index (χ4v) is 3.57. The molecule has 1 heterocycles. The largest absolute Gasteiger partial charge is 0.396 e. The van der Waals surface area contributed by atoms with Gasteiger partial charge in [-0.2, -0.15) is 0 Å². The van der Waals surface area contributed by atoms with Crippen LogP contribution >= 0.6 is 22.9 Å². The van der Waals surface area contributed by atoms with Crippen LogP contribution < -0.4 is 0 Å². The molecule has 1 aromatic carbocycles. The van der Waals surface area contributed by atoms with E-state index in [1.807, 2.05) is 24.3 Å². The van der Waals surface area contributed by atoms with Crippen molar-refractivity contribution in [3.8, 4) is 0 Å². The maximum atomic E-state index is 12.4. The van der Waals surface area contributed by atoms with Gasteiger partial charge in [-0.15, -0.1) is 11.3 Å². The molecule has 0 fully saturated rings. The lowest BCUT2D eigenvalue weighted by atomic mass is 10.2. The van der Waals surface area contributed by atoms with Crippen molar-refractivity contribution >= 4 is 38.9 Å². The molecular formula is C15H18ClNO2S. The van der Waals surface area contributed by atoms with Crippen molar-refractivity contribution in [2.24, 2.45) is 0 Å². The van der Waals surface area contributed by atoms with Crippen molar-refractivity contribution in [2.45, 2.75) is 19.3 Å². The molecule has 0 aliphatic heterocycles. The van der Waals surface area contributed by atoms with Crippen LogP contribution in [0.3, 0.4) is 0 Å². The van der Waals surface area contributed by atoms with Crippen molar-refractivity contribution in [3.63, 3.8) is 0 Å². The zero-order chi connectivity index (χ0) is 14.5. The highest BCUT2D eigenvalue weighted by atomic mass is 35.5. The van der Waals surface area contributed by atoms with E-state index in [-0.39, 0.29) is 12.5 Å². The number of aliphatic hydroxyl groups excluding tert-OH is 1. The Morgan fingerprint density at radius 2 is 2.05 bits per heavy atom. The standard InChI is InChI=1S/C15H18ClNO2S/c1-17(9-5-2-6-10-18)15(19)14-13(16)11-7-3-4-8-12(11)20-14/h3-4,7-8,18H,2,5-6,9-10H2,1H3. The first kappa shape index (κ1) is 15.3. The van der Waals surface area contributed by atoms with Crippen molar-refractivity contribution in [2.75, 3.05) is 20.2 Å². The van der Waals surface area contributed by atoms with Gasteiger partial charge in [0.05, 0.1) is 5.02 Å². The molecule has 0 spiro atoms. The molecule has 1 N–H and O–H groups in total. The fraction of sp³-hybridized carbons (Fsp3) is 0.400. The summed E-state index contributed by atoms with van der Waals surface area (Å²) >= 11 is 7.75. The first-order chi connectivity index (χ1) is 9.65. The topological polar surface area (TPSA) is 40.5 Å². The Morgan fingerprint density at radius 3 is 2.75 bits per heavy atom. The molecule has 108 valence electrons. The third-order valence-electron chi connectivity index (χ3n) is 3.23. The van der Waals surface area contributed by atoms with Gasteiger partial charge in [0.2, 0.25) is 0 Å². The monoisotopic (exact) mass is 311 g/mol. The van der Waals surface area contributed by atoms with Gasteiger partial charge >= 0.3 is 0 Å². The lowest BCUT2D eigenvalue weighted by Crippen LogP contribution is -2.27. The Balaban J connectivity index is 2.08. The van der Waals surface area contributed by atoms with Crippen LogP contribution in [0, 0.1) is 0 Å². The van der Waals surface area contributed by atoms with Crippen molar-refractivity contribution in [3.05, 3.63) is 34.2 Å². The molecule has 0 bridgehead atoms. The molecule has 0 unspecified atom stereocenters. The summed E-state index contributed by atoms with van der Waals surface area (Å²) in [6.07, 6.45) is 2.60. The zero-order valence-corrected chi connectivity index (χ0v) is 13.0. The molecule has 3 nitrogen and oxygen atoms in total. The second kappa shape index (κ2) is 7.07. The van der Waals surface area contributed by atoms with Crippen molar-refractivity contribution in [1.29, 1.82) is 0 Å². The smallest absolute Gasteiger partial charge is 0.265 e. The van der Waals surface area contributed by atoms with E-state index in [1.54, 1.807) is 11.9 Å². The molecule has 1 aromatic heterocycles. The Bertz CT molecular complexity index is 597. The maximum absolute atomic E-state index is 12.4. The number of nitrogens with zero attached hydrogens (tertiary/aromatic N) is 1. The van der Waals surface area contributed by atoms with Crippen LogP contribution in [0.15, 0.2) is 24.3 Å². The average molecular weight is 312 g/mol. The summed E-state index contributed by atoms with van der Waals surface area (Å²) in [4.78, 5) is 14.7. The molecule has 5 heteroatoms. The van der Waals surface area contributed by atoms with E-state index in [1.165, 1.54) is 11.3 Å². The third-order valence-corrected chi connectivity index (χ3v) is 4.89. The highest BCUT2D eigenvalue weighted by molar-refractivity contribution is 7.21. The molecule has 0 atom stereocenters. The molecule has 1 amide bonds. The second-order valence-corrected chi connectivity index (χ2v) is 6.18. The SMILES string of the molecule is CN(CCCCCO)C(=O)c1sc2ccccc2c1Cl. The van der Waals surface area contributed by atoms with E-state index in [4.69, 9.17) is 16.7 Å². The minimum absolute atomic E-state index is 0.0276. The van der Waals surface area contributed by atoms with Gasteiger partial charge in [-0.3, -0.25) is 4.79 Å². The summed E-state index contributed by atoms with van der Waals surface area (Å²) in [5.41, 5.74) is 0. The Labute approximate surface area is 127 Å². The number of hydrogen-bond donors (Lipinski definition) is 1. The summed E-state index contributed by atoms with van der Waals surface area (Å²) in [7, 11) is 1.79. The quantitative estimate of drug-likeness (QED) is 0.825. The summed E-state index contributed by atoms with van der Waals surface area (Å²) < 4.78 is 1.04. The number of carbonyl (C=O) groups excluding carboxylic acids is 1. The Hall–Kier alpha value is -1.10. The number of fused-ring (bicyclic) bond motifs is 1. The normalized spacial score (nSPS) is 10.9. The van der Waals surface area contributed by atoms with E-state index in [0.717, 1.165) is 29.3 Å². The predicted molar refractivity (Wildman–Crippen MR) is 84.7 cm³/mol. The Morgan fingerprint density at radius 1 is 1.30 bits per heavy atom. The molecule has 2 aromatic rings. The summed E-state index contributed by atoms with van der Waals surface area (Å²) in [5, 5.41) is 10.2. The molecule has 0 saturated heterocycles. The van der Waals surface area contributed by atoms with Gasteiger partial charge in [0.25, 0.3) is 5.91 Å². The van der Waals surface area contributed by atoms with Crippen LogP contribution in [0.25, 0.3) is 10.1 Å². The van der Waals surface area contributed by atoms with Crippen LogP contribution in [0.2, 0.25) is 5.02 Å². The minimum Gasteiger partial charge on any atom is -0.396 e. The van der Waals surface area contributed by atoms with Crippen LogP contribution in [-0.2, 0) is 0 Å². The molecular weight excluding hydrogens is 294 g/mol. The molecule has 0 aliphatic carbocycles. The van der Waals surface area contributed by atoms with Crippen molar-refractivity contribution < 1.29 is 9.90 Å². The number of aliphatic hydroxyl groups is 1. The number of amides is 1. The van der Waals surface area contributed by atoms with Crippen LogP contribution in [0.4, 0.5) is 0 Å². The molecule has 0 saturated carbocycles. The van der Waals surface area contributed by atoms with Crippen LogP contribution in [-0.4, -0.2) is 36.1 Å². The predicted octanol–water partition coefficient (Wildman–Crippen LogP) is 3.79.